The quantitative estimate of drug-likeness (QED) is 0.813. The van der Waals surface area contributed by atoms with Gasteiger partial charge in [0.25, 0.3) is 0 Å². The second kappa shape index (κ2) is 3.83. The molecule has 0 saturated carbocycles. The van der Waals surface area contributed by atoms with Crippen molar-refractivity contribution < 1.29 is 8.78 Å². The number of benzene rings is 1. The number of hydrogen-bond donors (Lipinski definition) is 1. The zero-order valence-corrected chi connectivity index (χ0v) is 8.78. The maximum atomic E-state index is 13.9. The van der Waals surface area contributed by atoms with E-state index < -0.39 is 17.5 Å². The van der Waals surface area contributed by atoms with Crippen LogP contribution in [0.5, 0.6) is 0 Å². The summed E-state index contributed by atoms with van der Waals surface area (Å²) < 4.78 is 27.3. The molecule has 2 N–H and O–H groups in total. The first-order valence-corrected chi connectivity index (χ1v) is 4.63. The monoisotopic (exact) mass is 219 g/mol. The highest BCUT2D eigenvalue weighted by atomic mass is 35.5. The number of halogens is 3. The van der Waals surface area contributed by atoms with Crippen LogP contribution in [0.15, 0.2) is 18.2 Å². The van der Waals surface area contributed by atoms with E-state index in [1.165, 1.54) is 26.0 Å². The molecule has 0 bridgehead atoms. The molecule has 2 unspecified atom stereocenters. The lowest BCUT2D eigenvalue weighted by molar-refractivity contribution is 0.152. The zero-order valence-electron chi connectivity index (χ0n) is 8.02. The van der Waals surface area contributed by atoms with Crippen LogP contribution in [0.25, 0.3) is 0 Å². The fourth-order valence-corrected chi connectivity index (χ4v) is 1.29. The van der Waals surface area contributed by atoms with Crippen molar-refractivity contribution in [1.29, 1.82) is 0 Å². The van der Waals surface area contributed by atoms with Gasteiger partial charge in [-0.05, 0) is 26.0 Å². The highest BCUT2D eigenvalue weighted by Gasteiger charge is 2.33. The Bertz CT molecular complexity index is 337. The minimum absolute atomic E-state index is 0.0584. The van der Waals surface area contributed by atoms with Crippen molar-refractivity contribution in [3.63, 3.8) is 0 Å². The van der Waals surface area contributed by atoms with Crippen LogP contribution in [0.3, 0.4) is 0 Å². The predicted octanol–water partition coefficient (Wildman–Crippen LogP) is 3.01. The van der Waals surface area contributed by atoms with Crippen molar-refractivity contribution in [3.05, 3.63) is 34.6 Å². The smallest absolute Gasteiger partial charge is 0.150 e. The number of hydrogen-bond acceptors (Lipinski definition) is 1. The van der Waals surface area contributed by atoms with Crippen LogP contribution < -0.4 is 5.73 Å². The summed E-state index contributed by atoms with van der Waals surface area (Å²) in [6.07, 6.45) is 0. The van der Waals surface area contributed by atoms with Gasteiger partial charge in [-0.15, -0.1) is 0 Å². The van der Waals surface area contributed by atoms with Gasteiger partial charge in [0.1, 0.15) is 5.82 Å². The lowest BCUT2D eigenvalue weighted by Crippen LogP contribution is -2.37. The summed E-state index contributed by atoms with van der Waals surface area (Å²) >= 11 is 5.55. The van der Waals surface area contributed by atoms with Crippen LogP contribution in [-0.4, -0.2) is 6.04 Å². The second-order valence-corrected chi connectivity index (χ2v) is 3.92. The molecule has 78 valence electrons. The molecule has 1 aromatic carbocycles. The van der Waals surface area contributed by atoms with E-state index >= 15 is 0 Å². The normalized spacial score (nSPS) is 17.6. The van der Waals surface area contributed by atoms with E-state index in [9.17, 15) is 8.78 Å². The molecule has 0 amide bonds. The lowest BCUT2D eigenvalue weighted by atomic mass is 9.91. The van der Waals surface area contributed by atoms with Crippen LogP contribution in [0.4, 0.5) is 8.78 Å². The molecule has 1 aromatic rings. The molecule has 0 radical (unpaired) electrons. The maximum Gasteiger partial charge on any atom is 0.150 e. The van der Waals surface area contributed by atoms with E-state index in [4.69, 9.17) is 17.3 Å². The van der Waals surface area contributed by atoms with E-state index in [2.05, 4.69) is 0 Å². The topological polar surface area (TPSA) is 26.0 Å². The van der Waals surface area contributed by atoms with Crippen molar-refractivity contribution in [2.24, 2.45) is 5.73 Å². The zero-order chi connectivity index (χ0) is 10.9. The third kappa shape index (κ3) is 2.04. The highest BCUT2D eigenvalue weighted by molar-refractivity contribution is 6.30. The van der Waals surface area contributed by atoms with Gasteiger partial charge in [-0.2, -0.15) is 0 Å². The summed E-state index contributed by atoms with van der Waals surface area (Å²) in [5.41, 5.74) is 3.50. The minimum atomic E-state index is -1.88. The van der Waals surface area contributed by atoms with Crippen molar-refractivity contribution in [3.8, 4) is 0 Å². The molecule has 0 saturated heterocycles. The number of rotatable bonds is 2. The third-order valence-corrected chi connectivity index (χ3v) is 2.55. The molecule has 0 fully saturated rings. The SMILES string of the molecule is CC(N)C(C)(F)c1ccc(Cl)cc1F. The average Bonchev–Trinajstić information content (AvgIpc) is 2.02. The van der Waals surface area contributed by atoms with Crippen molar-refractivity contribution in [2.45, 2.75) is 25.6 Å². The van der Waals surface area contributed by atoms with Crippen LogP contribution >= 0.6 is 11.6 Å². The van der Waals surface area contributed by atoms with Gasteiger partial charge in [-0.3, -0.25) is 0 Å². The molecule has 0 aromatic heterocycles. The summed E-state index contributed by atoms with van der Waals surface area (Å²) in [4.78, 5) is 0. The van der Waals surface area contributed by atoms with Crippen LogP contribution in [0, 0.1) is 5.82 Å². The highest BCUT2D eigenvalue weighted by Crippen LogP contribution is 2.31. The Kier molecular flexibility index (Phi) is 3.12. The molecule has 1 rings (SSSR count). The van der Waals surface area contributed by atoms with E-state index in [-0.39, 0.29) is 10.6 Å². The Balaban J connectivity index is 3.19. The molecule has 2 atom stereocenters. The van der Waals surface area contributed by atoms with E-state index in [1.807, 2.05) is 0 Å². The molecule has 0 aliphatic heterocycles. The molecule has 0 heterocycles. The first-order valence-electron chi connectivity index (χ1n) is 4.25. The molecule has 1 nitrogen and oxygen atoms in total. The molecule has 0 spiro atoms. The van der Waals surface area contributed by atoms with Gasteiger partial charge < -0.3 is 5.73 Å². The standard InChI is InChI=1S/C10H12ClF2N/c1-6(14)10(2,13)8-4-3-7(11)5-9(8)12/h3-6H,14H2,1-2H3. The summed E-state index contributed by atoms with van der Waals surface area (Å²) in [5.74, 6) is -0.667. The molecular formula is C10H12ClF2N. The van der Waals surface area contributed by atoms with Crippen LogP contribution in [-0.2, 0) is 5.67 Å². The molecule has 0 aliphatic carbocycles. The first-order chi connectivity index (χ1) is 6.35. The van der Waals surface area contributed by atoms with Crippen molar-refractivity contribution >= 4 is 11.6 Å². The van der Waals surface area contributed by atoms with Crippen LogP contribution in [0.1, 0.15) is 19.4 Å². The van der Waals surface area contributed by atoms with Crippen LogP contribution in [0.2, 0.25) is 5.02 Å². The predicted molar refractivity (Wildman–Crippen MR) is 53.5 cm³/mol. The maximum absolute atomic E-state index is 13.9. The first kappa shape index (κ1) is 11.4. The van der Waals surface area contributed by atoms with Gasteiger partial charge in [0, 0.05) is 16.6 Å². The van der Waals surface area contributed by atoms with E-state index in [1.54, 1.807) is 0 Å². The fraction of sp³-hybridized carbons (Fsp3) is 0.400. The molecule has 4 heteroatoms. The molecule has 0 aliphatic rings. The Labute approximate surface area is 86.9 Å². The Morgan fingerprint density at radius 2 is 2.07 bits per heavy atom. The van der Waals surface area contributed by atoms with Gasteiger partial charge in [0.05, 0.1) is 0 Å². The Morgan fingerprint density at radius 1 is 1.50 bits per heavy atom. The van der Waals surface area contributed by atoms with Gasteiger partial charge in [-0.1, -0.05) is 17.7 Å². The van der Waals surface area contributed by atoms with Crippen molar-refractivity contribution in [2.75, 3.05) is 0 Å². The largest absolute Gasteiger partial charge is 0.325 e. The van der Waals surface area contributed by atoms with Gasteiger partial charge in [0.15, 0.2) is 5.67 Å². The summed E-state index contributed by atoms with van der Waals surface area (Å²) in [7, 11) is 0. The van der Waals surface area contributed by atoms with Gasteiger partial charge in [0.2, 0.25) is 0 Å². The summed E-state index contributed by atoms with van der Waals surface area (Å²) in [6.45, 7) is 2.75. The minimum Gasteiger partial charge on any atom is -0.325 e. The van der Waals surface area contributed by atoms with Gasteiger partial charge in [-0.25, -0.2) is 8.78 Å². The number of alkyl halides is 1. The summed E-state index contributed by atoms with van der Waals surface area (Å²) in [6, 6.07) is 3.07. The Hall–Kier alpha value is -0.670. The summed E-state index contributed by atoms with van der Waals surface area (Å²) in [5, 5.41) is 0.242. The van der Waals surface area contributed by atoms with Gasteiger partial charge >= 0.3 is 0 Å². The molecular weight excluding hydrogens is 208 g/mol. The average molecular weight is 220 g/mol. The van der Waals surface area contributed by atoms with E-state index in [0.29, 0.717) is 0 Å². The van der Waals surface area contributed by atoms with E-state index in [0.717, 1.165) is 6.07 Å². The van der Waals surface area contributed by atoms with Crippen molar-refractivity contribution in [1.82, 2.24) is 0 Å². The fourth-order valence-electron chi connectivity index (χ4n) is 1.13. The third-order valence-electron chi connectivity index (χ3n) is 2.31. The lowest BCUT2D eigenvalue weighted by Gasteiger charge is -2.25. The Morgan fingerprint density at radius 3 is 2.50 bits per heavy atom. The second-order valence-electron chi connectivity index (χ2n) is 3.49. The number of nitrogens with two attached hydrogens (primary N) is 1. The molecule has 14 heavy (non-hydrogen) atoms.